The quantitative estimate of drug-likeness (QED) is 0.129. The predicted molar refractivity (Wildman–Crippen MR) is 171 cm³/mol. The summed E-state index contributed by atoms with van der Waals surface area (Å²) in [4.78, 5) is 0. The Labute approximate surface area is 257 Å². The first-order valence-corrected chi connectivity index (χ1v) is 18.7. The molecule has 0 radical (unpaired) electrons. The van der Waals surface area contributed by atoms with Crippen LogP contribution in [0.5, 0.6) is 0 Å². The van der Waals surface area contributed by atoms with Crippen molar-refractivity contribution in [3.8, 4) is 0 Å². The zero-order chi connectivity index (χ0) is 28.2. The summed E-state index contributed by atoms with van der Waals surface area (Å²) in [5.41, 5.74) is 2.07. The van der Waals surface area contributed by atoms with Crippen molar-refractivity contribution in [2.75, 3.05) is 0 Å². The summed E-state index contributed by atoms with van der Waals surface area (Å²) in [6.45, 7) is 0. The monoisotopic (exact) mass is 576 g/mol. The Morgan fingerprint density at radius 2 is 0.929 bits per heavy atom. The summed E-state index contributed by atoms with van der Waals surface area (Å²) in [5, 5.41) is 0. The van der Waals surface area contributed by atoms with Gasteiger partial charge in [0.05, 0.1) is 36.6 Å². The molecule has 3 heterocycles. The number of rotatable bonds is 18. The number of hydrogen-bond donors (Lipinski definition) is 0. The molecule has 0 bridgehead atoms. The van der Waals surface area contributed by atoms with Crippen molar-refractivity contribution < 1.29 is 14.2 Å². The molecule has 3 saturated carbocycles. The molecule has 3 aliphatic heterocycles. The van der Waals surface area contributed by atoms with Gasteiger partial charge >= 0.3 is 0 Å². The number of epoxide rings is 3. The summed E-state index contributed by atoms with van der Waals surface area (Å²) in [6, 6.07) is 11.1. The van der Waals surface area contributed by atoms with E-state index in [-0.39, 0.29) is 0 Å². The zero-order valence-corrected chi connectivity index (χ0v) is 26.6. The normalized spacial score (nSPS) is 37.7. The third kappa shape index (κ3) is 8.42. The summed E-state index contributed by atoms with van der Waals surface area (Å²) < 4.78 is 17.8. The summed E-state index contributed by atoms with van der Waals surface area (Å²) in [5.74, 6) is 2.76. The largest absolute Gasteiger partial charge is 0.370 e. The lowest BCUT2D eigenvalue weighted by Crippen LogP contribution is -2.27. The molecule has 234 valence electrons. The van der Waals surface area contributed by atoms with Crippen LogP contribution >= 0.6 is 0 Å². The van der Waals surface area contributed by atoms with Gasteiger partial charge in [-0.05, 0) is 144 Å². The molecule has 3 heteroatoms. The molecule has 9 atom stereocenters. The van der Waals surface area contributed by atoms with Crippen LogP contribution in [0, 0.1) is 23.2 Å². The van der Waals surface area contributed by atoms with Gasteiger partial charge in [0.2, 0.25) is 0 Å². The third-order valence-corrected chi connectivity index (χ3v) is 12.9. The molecule has 1 aromatic carbocycles. The number of unbranched alkanes of at least 4 members (excludes halogenated alkanes) is 5. The maximum absolute atomic E-state index is 5.94. The molecule has 42 heavy (non-hydrogen) atoms. The van der Waals surface area contributed by atoms with Gasteiger partial charge < -0.3 is 14.2 Å². The number of benzene rings is 1. The molecule has 3 nitrogen and oxygen atoms in total. The number of ether oxygens (including phenoxy) is 3. The van der Waals surface area contributed by atoms with Crippen LogP contribution in [0.1, 0.15) is 147 Å². The minimum Gasteiger partial charge on any atom is -0.370 e. The number of fused-ring (bicyclic) bond motifs is 3. The lowest BCUT2D eigenvalue weighted by Gasteiger charge is -2.39. The fourth-order valence-electron chi connectivity index (χ4n) is 9.71. The van der Waals surface area contributed by atoms with E-state index in [1.807, 2.05) is 0 Å². The first kappa shape index (κ1) is 29.8. The fourth-order valence-corrected chi connectivity index (χ4v) is 9.71. The van der Waals surface area contributed by atoms with E-state index in [1.165, 1.54) is 153 Å². The van der Waals surface area contributed by atoms with Crippen LogP contribution in [0.25, 0.3) is 0 Å². The van der Waals surface area contributed by atoms with Gasteiger partial charge in [-0.3, -0.25) is 0 Å². The van der Waals surface area contributed by atoms with Crippen LogP contribution in [-0.4, -0.2) is 36.6 Å². The average molecular weight is 577 g/mol. The van der Waals surface area contributed by atoms with Gasteiger partial charge in [-0.15, -0.1) is 0 Å². The van der Waals surface area contributed by atoms with Crippen molar-refractivity contribution in [1.82, 2.24) is 0 Å². The Hall–Kier alpha value is -0.900. The molecule has 1 aromatic rings. The first-order valence-electron chi connectivity index (χ1n) is 18.7. The molecule has 6 aliphatic rings. The van der Waals surface area contributed by atoms with Crippen molar-refractivity contribution in [3.63, 3.8) is 0 Å². The highest BCUT2D eigenvalue weighted by atomic mass is 16.6. The molecule has 0 amide bonds. The zero-order valence-electron chi connectivity index (χ0n) is 26.6. The lowest BCUT2D eigenvalue weighted by molar-refractivity contribution is 0.133. The van der Waals surface area contributed by atoms with Gasteiger partial charge in [-0.2, -0.15) is 0 Å². The van der Waals surface area contributed by atoms with E-state index in [1.54, 1.807) is 0 Å². The highest BCUT2D eigenvalue weighted by Gasteiger charge is 2.47. The van der Waals surface area contributed by atoms with Gasteiger partial charge in [0, 0.05) is 0 Å². The van der Waals surface area contributed by atoms with Crippen LogP contribution in [0.2, 0.25) is 0 Å². The molecule has 0 aromatic heterocycles. The van der Waals surface area contributed by atoms with E-state index in [4.69, 9.17) is 14.2 Å². The van der Waals surface area contributed by atoms with Crippen LogP contribution in [0.4, 0.5) is 0 Å². The van der Waals surface area contributed by atoms with Crippen molar-refractivity contribution >= 4 is 0 Å². The summed E-state index contributed by atoms with van der Waals surface area (Å²) >= 11 is 0. The fraction of sp³-hybridized carbons (Fsp3) is 0.846. The minimum atomic E-state index is 0.567. The van der Waals surface area contributed by atoms with Crippen molar-refractivity contribution in [1.29, 1.82) is 0 Å². The van der Waals surface area contributed by atoms with E-state index < -0.39 is 0 Å². The van der Waals surface area contributed by atoms with E-state index in [0.29, 0.717) is 42.0 Å². The Morgan fingerprint density at radius 3 is 1.40 bits per heavy atom. The van der Waals surface area contributed by atoms with Gasteiger partial charge in [0.15, 0.2) is 0 Å². The lowest BCUT2D eigenvalue weighted by atomic mass is 9.66. The Morgan fingerprint density at radius 1 is 0.476 bits per heavy atom. The minimum absolute atomic E-state index is 0.567. The topological polar surface area (TPSA) is 37.6 Å². The third-order valence-electron chi connectivity index (χ3n) is 12.9. The van der Waals surface area contributed by atoms with Crippen molar-refractivity contribution in [2.45, 2.75) is 184 Å². The summed E-state index contributed by atoms with van der Waals surface area (Å²) in [7, 11) is 0. The van der Waals surface area contributed by atoms with Crippen molar-refractivity contribution in [3.05, 3.63) is 35.9 Å². The Balaban J connectivity index is 0.924. The average Bonchev–Trinajstić information content (AvgIpc) is 3.91. The van der Waals surface area contributed by atoms with Crippen molar-refractivity contribution in [2.24, 2.45) is 23.2 Å². The second-order valence-corrected chi connectivity index (χ2v) is 15.9. The molecule has 3 saturated heterocycles. The molecule has 7 rings (SSSR count). The van der Waals surface area contributed by atoms with E-state index in [0.717, 1.165) is 17.8 Å². The molecular weight excluding hydrogens is 516 g/mol. The Bertz CT molecular complexity index is 883. The smallest absolute Gasteiger partial charge is 0.0844 e. The molecular formula is C39H60O3. The first-order chi connectivity index (χ1) is 20.7. The molecule has 0 spiro atoms. The van der Waals surface area contributed by atoms with E-state index in [2.05, 4.69) is 30.3 Å². The Kier molecular flexibility index (Phi) is 9.95. The number of aryl methyl sites for hydroxylation is 1. The number of hydrogen-bond acceptors (Lipinski definition) is 3. The molecule has 0 N–H and O–H groups in total. The maximum atomic E-state index is 5.94. The van der Waals surface area contributed by atoms with Gasteiger partial charge in [-0.1, -0.05) is 62.4 Å². The second-order valence-electron chi connectivity index (χ2n) is 15.9. The molecule has 9 unspecified atom stereocenters. The van der Waals surface area contributed by atoms with Crippen LogP contribution in [0.15, 0.2) is 30.3 Å². The second kappa shape index (κ2) is 14.0. The highest BCUT2D eigenvalue weighted by molar-refractivity contribution is 5.14. The van der Waals surface area contributed by atoms with Crippen LogP contribution in [0.3, 0.4) is 0 Å². The van der Waals surface area contributed by atoms with E-state index in [9.17, 15) is 0 Å². The van der Waals surface area contributed by atoms with Gasteiger partial charge in [-0.25, -0.2) is 0 Å². The van der Waals surface area contributed by atoms with E-state index >= 15 is 0 Å². The molecule has 3 aliphatic carbocycles. The van der Waals surface area contributed by atoms with Crippen LogP contribution in [-0.2, 0) is 20.6 Å². The summed E-state index contributed by atoms with van der Waals surface area (Å²) in [6.07, 6.45) is 36.2. The SMILES string of the molecule is c1ccc(CCCCCCCCC(CCC2CCC3OC3C2)(CCC2CCC3OC3C2)CCC2CCC3OC3C2)cc1. The van der Waals surface area contributed by atoms with Gasteiger partial charge in [0.1, 0.15) is 0 Å². The molecule has 6 fully saturated rings. The van der Waals surface area contributed by atoms with Gasteiger partial charge in [0.25, 0.3) is 0 Å². The predicted octanol–water partition coefficient (Wildman–Crippen LogP) is 9.99. The highest BCUT2D eigenvalue weighted by Crippen LogP contribution is 2.50. The standard InChI is InChI=1S/C39H60O3/c1(3-6-10-29-11-7-5-8-12-29)2-4-9-22-39(23-19-30-13-16-33-36(26-30)40-33,24-20-31-14-17-34-37(27-31)41-34)25-21-32-15-18-35-38(28-32)42-35/h5,7-8,11-12,30-38H,1-4,6,9-10,13-28H2. The maximum Gasteiger partial charge on any atom is 0.0844 e. The van der Waals surface area contributed by atoms with Crippen LogP contribution < -0.4 is 0 Å².